The van der Waals surface area contributed by atoms with Crippen molar-refractivity contribution in [3.05, 3.63) is 16.8 Å². The van der Waals surface area contributed by atoms with Crippen LogP contribution in [0.2, 0.25) is 18.1 Å². The lowest BCUT2D eigenvalue weighted by Gasteiger charge is -2.44. The maximum absolute atomic E-state index is 12.4. The fourth-order valence-electron chi connectivity index (χ4n) is 2.97. The fraction of sp³-hybridized carbons (Fsp3) is 0.688. The first-order valence-corrected chi connectivity index (χ1v) is 11.5. The third kappa shape index (κ3) is 3.11. The van der Waals surface area contributed by atoms with E-state index in [0.29, 0.717) is 17.0 Å². The molecule has 8 nitrogen and oxygen atoms in total. The number of aromatic nitrogens is 4. The Hall–Kier alpha value is -1.71. The topological polar surface area (TPSA) is 102 Å². The van der Waals surface area contributed by atoms with Crippen LogP contribution in [0.15, 0.2) is 11.1 Å². The molecule has 25 heavy (non-hydrogen) atoms. The third-order valence-corrected chi connectivity index (χ3v) is 10.1. The summed E-state index contributed by atoms with van der Waals surface area (Å²) in [5, 5.41) is 1.57. The number of nitrogens with one attached hydrogen (secondary N) is 1. The van der Waals surface area contributed by atoms with E-state index in [-0.39, 0.29) is 22.9 Å². The van der Waals surface area contributed by atoms with Gasteiger partial charge in [-0.25, -0.2) is 20.6 Å². The van der Waals surface area contributed by atoms with Gasteiger partial charge in [-0.2, -0.15) is 0 Å². The maximum atomic E-state index is 12.4. The minimum atomic E-state index is -1.79. The average molecular weight is 365 g/mol. The molecule has 1 fully saturated rings. The van der Waals surface area contributed by atoms with Gasteiger partial charge in [-0.15, -0.1) is 0 Å². The summed E-state index contributed by atoms with van der Waals surface area (Å²) in [6.45, 7) is 11.2. The fourth-order valence-corrected chi connectivity index (χ4v) is 4.35. The number of fused-ring (bicyclic) bond motifs is 1. The molecule has 3 N–H and O–H groups in total. The van der Waals surface area contributed by atoms with Crippen molar-refractivity contribution in [2.45, 2.75) is 63.9 Å². The molecule has 1 aliphatic carbocycles. The third-order valence-electron chi connectivity index (χ3n) is 5.52. The van der Waals surface area contributed by atoms with Gasteiger partial charge in [0.25, 0.3) is 0 Å². The minimum Gasteiger partial charge on any atom is -0.414 e. The molecule has 0 unspecified atom stereocenters. The van der Waals surface area contributed by atoms with E-state index in [1.165, 1.54) is 11.3 Å². The van der Waals surface area contributed by atoms with Crippen molar-refractivity contribution < 1.29 is 4.43 Å². The predicted molar refractivity (Wildman–Crippen MR) is 101 cm³/mol. The summed E-state index contributed by atoms with van der Waals surface area (Å²) in [7, 11) is -0.103. The highest BCUT2D eigenvalue weighted by Crippen LogP contribution is 2.43. The lowest BCUT2D eigenvalue weighted by Crippen LogP contribution is -2.48. The van der Waals surface area contributed by atoms with Crippen LogP contribution in [0.5, 0.6) is 0 Å². The molecule has 0 saturated heterocycles. The SMILES string of the molecule is CN(N)c1ncnc2c1[nH]c(=O)n2C1CC(O[Si](C)(C)C(C)(C)C)C1. The molecule has 2 heterocycles. The average Bonchev–Trinajstić information content (AvgIpc) is 2.76. The van der Waals surface area contributed by atoms with Crippen LogP contribution >= 0.6 is 0 Å². The quantitative estimate of drug-likeness (QED) is 0.490. The molecule has 0 spiro atoms. The van der Waals surface area contributed by atoms with Crippen LogP contribution in [-0.4, -0.2) is 41.0 Å². The van der Waals surface area contributed by atoms with Crippen molar-refractivity contribution in [2.75, 3.05) is 12.1 Å². The number of imidazole rings is 1. The first-order valence-electron chi connectivity index (χ1n) is 8.62. The van der Waals surface area contributed by atoms with Gasteiger partial charge in [0, 0.05) is 19.2 Å². The molecule has 2 aromatic rings. The zero-order valence-electron chi connectivity index (χ0n) is 15.8. The molecular weight excluding hydrogens is 336 g/mol. The van der Waals surface area contributed by atoms with E-state index < -0.39 is 8.32 Å². The Morgan fingerprint density at radius 1 is 1.36 bits per heavy atom. The number of nitrogens with two attached hydrogens (primary N) is 1. The van der Waals surface area contributed by atoms with Crippen LogP contribution in [-0.2, 0) is 4.43 Å². The van der Waals surface area contributed by atoms with E-state index in [1.54, 1.807) is 11.6 Å². The first-order chi connectivity index (χ1) is 11.5. The molecule has 1 saturated carbocycles. The van der Waals surface area contributed by atoms with Gasteiger partial charge in [0.05, 0.1) is 0 Å². The monoisotopic (exact) mass is 364 g/mol. The minimum absolute atomic E-state index is 0.0989. The Labute approximate surface area is 148 Å². The van der Waals surface area contributed by atoms with Gasteiger partial charge in [0.2, 0.25) is 0 Å². The molecule has 138 valence electrons. The summed E-state index contributed by atoms with van der Waals surface area (Å²) in [6.07, 6.45) is 3.31. The van der Waals surface area contributed by atoms with E-state index in [1.807, 2.05) is 0 Å². The maximum Gasteiger partial charge on any atom is 0.328 e. The van der Waals surface area contributed by atoms with Crippen LogP contribution < -0.4 is 16.5 Å². The standard InChI is InChI=1S/C16H28N6O2Si/c1-16(2,3)25(5,6)24-11-7-10(8-11)22-14-12(20-15(22)23)13(21(4)17)18-9-19-14/h9-11H,7-8,17H2,1-6H3,(H,20,23). The van der Waals surface area contributed by atoms with Crippen LogP contribution in [0.1, 0.15) is 39.7 Å². The van der Waals surface area contributed by atoms with E-state index in [9.17, 15) is 4.79 Å². The molecule has 0 aromatic carbocycles. The van der Waals surface area contributed by atoms with Gasteiger partial charge >= 0.3 is 5.69 Å². The number of aromatic amines is 1. The van der Waals surface area contributed by atoms with Gasteiger partial charge < -0.3 is 9.41 Å². The lowest BCUT2D eigenvalue weighted by molar-refractivity contribution is 0.0581. The Kier molecular flexibility index (Phi) is 4.29. The first kappa shape index (κ1) is 18.1. The zero-order valence-corrected chi connectivity index (χ0v) is 16.8. The summed E-state index contributed by atoms with van der Waals surface area (Å²) < 4.78 is 8.15. The summed E-state index contributed by atoms with van der Waals surface area (Å²) in [4.78, 5) is 23.7. The van der Waals surface area contributed by atoms with Crippen LogP contribution in [0.3, 0.4) is 0 Å². The Balaban J connectivity index is 1.81. The molecule has 1 aliphatic rings. The second-order valence-corrected chi connectivity index (χ2v) is 13.2. The molecule has 0 bridgehead atoms. The smallest absolute Gasteiger partial charge is 0.328 e. The van der Waals surface area contributed by atoms with Gasteiger partial charge in [0.1, 0.15) is 11.8 Å². The van der Waals surface area contributed by atoms with E-state index in [2.05, 4.69) is 48.8 Å². The van der Waals surface area contributed by atoms with Gasteiger partial charge in [0.15, 0.2) is 19.8 Å². The van der Waals surface area contributed by atoms with Crippen LogP contribution in [0.25, 0.3) is 11.2 Å². The summed E-state index contributed by atoms with van der Waals surface area (Å²) in [5.74, 6) is 6.30. The number of hydrazine groups is 1. The molecule has 2 aromatic heterocycles. The van der Waals surface area contributed by atoms with Crippen molar-refractivity contribution in [2.24, 2.45) is 5.84 Å². The molecule has 0 amide bonds. The molecule has 9 heteroatoms. The largest absolute Gasteiger partial charge is 0.414 e. The van der Waals surface area contributed by atoms with Gasteiger partial charge in [-0.3, -0.25) is 9.58 Å². The molecule has 0 radical (unpaired) electrons. The highest BCUT2D eigenvalue weighted by molar-refractivity contribution is 6.74. The van der Waals surface area contributed by atoms with Gasteiger partial charge in [-0.05, 0) is 31.0 Å². The number of nitrogens with zero attached hydrogens (tertiary/aromatic N) is 4. The Bertz CT molecular complexity index is 829. The normalized spacial score (nSPS) is 21.4. The van der Waals surface area contributed by atoms with E-state index in [4.69, 9.17) is 10.3 Å². The molecular formula is C16H28N6O2Si. The summed E-state index contributed by atoms with van der Waals surface area (Å²) >= 11 is 0. The van der Waals surface area contributed by atoms with Crippen molar-refractivity contribution >= 4 is 25.3 Å². The number of rotatable bonds is 4. The van der Waals surface area contributed by atoms with Crippen LogP contribution in [0, 0.1) is 0 Å². The second-order valence-electron chi connectivity index (χ2n) is 8.43. The molecule has 3 rings (SSSR count). The lowest BCUT2D eigenvalue weighted by atomic mass is 9.89. The van der Waals surface area contributed by atoms with Crippen molar-refractivity contribution in [3.8, 4) is 0 Å². The summed E-state index contributed by atoms with van der Waals surface area (Å²) in [5.41, 5.74) is 1.00. The Morgan fingerprint density at radius 3 is 2.56 bits per heavy atom. The Morgan fingerprint density at radius 2 is 2.00 bits per heavy atom. The number of hydrogen-bond acceptors (Lipinski definition) is 6. The number of anilines is 1. The summed E-state index contributed by atoms with van der Waals surface area (Å²) in [6, 6.07) is 0.0989. The second kappa shape index (κ2) is 5.92. The predicted octanol–water partition coefficient (Wildman–Crippen LogP) is 2.15. The highest BCUT2D eigenvalue weighted by Gasteiger charge is 2.43. The zero-order chi connectivity index (χ0) is 18.6. The van der Waals surface area contributed by atoms with E-state index >= 15 is 0 Å². The number of H-pyrrole nitrogens is 1. The van der Waals surface area contributed by atoms with Crippen molar-refractivity contribution in [3.63, 3.8) is 0 Å². The molecule has 0 aliphatic heterocycles. The van der Waals surface area contributed by atoms with Crippen molar-refractivity contribution in [1.82, 2.24) is 19.5 Å². The number of hydrogen-bond donors (Lipinski definition) is 2. The van der Waals surface area contributed by atoms with Crippen molar-refractivity contribution in [1.29, 1.82) is 0 Å². The van der Waals surface area contributed by atoms with Crippen LogP contribution in [0.4, 0.5) is 5.82 Å². The van der Waals surface area contributed by atoms with Gasteiger partial charge in [-0.1, -0.05) is 20.8 Å². The highest BCUT2D eigenvalue weighted by atomic mass is 28.4. The molecule has 0 atom stereocenters. The van der Waals surface area contributed by atoms with E-state index in [0.717, 1.165) is 12.8 Å².